The lowest BCUT2D eigenvalue weighted by molar-refractivity contribution is -0.129. The van der Waals surface area contributed by atoms with Crippen LogP contribution >= 0.6 is 0 Å². The van der Waals surface area contributed by atoms with Crippen LogP contribution in [0.3, 0.4) is 0 Å². The molecule has 5 nitrogen and oxygen atoms in total. The molecule has 1 aromatic rings. The first-order chi connectivity index (χ1) is 9.69. The first-order valence-corrected chi connectivity index (χ1v) is 6.91. The molecule has 2 atom stereocenters. The molecule has 2 amide bonds. The lowest BCUT2D eigenvalue weighted by Gasteiger charge is -2.24. The number of piperidine rings is 1. The zero-order valence-electron chi connectivity index (χ0n) is 11.3. The fourth-order valence-corrected chi connectivity index (χ4v) is 2.34. The largest absolute Gasteiger partial charge is 0.394 e. The van der Waals surface area contributed by atoms with Gasteiger partial charge in [-0.05, 0) is 18.4 Å². The van der Waals surface area contributed by atoms with E-state index in [0.717, 1.165) is 5.56 Å². The minimum atomic E-state index is -0.289. The predicted molar refractivity (Wildman–Crippen MR) is 74.9 cm³/mol. The summed E-state index contributed by atoms with van der Waals surface area (Å²) in [6.45, 7) is 0.286. The monoisotopic (exact) mass is 276 g/mol. The quantitative estimate of drug-likeness (QED) is 0.720. The van der Waals surface area contributed by atoms with E-state index in [1.54, 1.807) is 0 Å². The summed E-state index contributed by atoms with van der Waals surface area (Å²) in [5.74, 6) is -0.297. The molecule has 0 saturated carbocycles. The topological polar surface area (TPSA) is 78.4 Å². The van der Waals surface area contributed by atoms with Crippen LogP contribution in [-0.2, 0) is 16.0 Å². The molecule has 20 heavy (non-hydrogen) atoms. The van der Waals surface area contributed by atoms with Gasteiger partial charge >= 0.3 is 0 Å². The Kier molecular flexibility index (Phi) is 5.12. The molecule has 3 N–H and O–H groups in total. The lowest BCUT2D eigenvalue weighted by Crippen LogP contribution is -2.47. The Labute approximate surface area is 118 Å². The molecule has 1 heterocycles. The molecule has 0 bridgehead atoms. The Morgan fingerprint density at radius 1 is 1.40 bits per heavy atom. The van der Waals surface area contributed by atoms with Crippen LogP contribution in [0.25, 0.3) is 0 Å². The van der Waals surface area contributed by atoms with E-state index in [1.165, 1.54) is 0 Å². The Bertz CT molecular complexity index is 451. The third-order valence-electron chi connectivity index (χ3n) is 3.53. The van der Waals surface area contributed by atoms with Crippen molar-refractivity contribution in [1.29, 1.82) is 0 Å². The molecule has 5 heteroatoms. The van der Waals surface area contributed by atoms with Crippen molar-refractivity contribution in [2.24, 2.45) is 5.92 Å². The van der Waals surface area contributed by atoms with Gasteiger partial charge < -0.3 is 15.7 Å². The van der Waals surface area contributed by atoms with Crippen LogP contribution in [0, 0.1) is 5.92 Å². The number of aliphatic hydroxyl groups excluding tert-OH is 1. The Balaban J connectivity index is 1.86. The minimum Gasteiger partial charge on any atom is -0.394 e. The molecule has 1 saturated heterocycles. The molecule has 0 spiro atoms. The molecular weight excluding hydrogens is 256 g/mol. The van der Waals surface area contributed by atoms with Crippen LogP contribution in [0.5, 0.6) is 0 Å². The maximum atomic E-state index is 12.1. The van der Waals surface area contributed by atoms with E-state index in [2.05, 4.69) is 10.6 Å². The van der Waals surface area contributed by atoms with Crippen molar-refractivity contribution in [2.45, 2.75) is 25.3 Å². The molecule has 1 aliphatic heterocycles. The van der Waals surface area contributed by atoms with E-state index in [4.69, 9.17) is 0 Å². The summed E-state index contributed by atoms with van der Waals surface area (Å²) < 4.78 is 0. The fraction of sp³-hybridized carbons (Fsp3) is 0.467. The van der Waals surface area contributed by atoms with Crippen LogP contribution in [0.4, 0.5) is 0 Å². The maximum absolute atomic E-state index is 12.1. The van der Waals surface area contributed by atoms with Gasteiger partial charge in [-0.2, -0.15) is 0 Å². The second kappa shape index (κ2) is 7.05. The van der Waals surface area contributed by atoms with Crippen LogP contribution in [0.15, 0.2) is 30.3 Å². The van der Waals surface area contributed by atoms with Crippen molar-refractivity contribution in [3.63, 3.8) is 0 Å². The third kappa shape index (κ3) is 4.06. The molecule has 0 aliphatic carbocycles. The number of amides is 2. The van der Waals surface area contributed by atoms with Crippen LogP contribution in [0.1, 0.15) is 18.4 Å². The van der Waals surface area contributed by atoms with Gasteiger partial charge in [0.2, 0.25) is 11.8 Å². The molecule has 1 aromatic carbocycles. The van der Waals surface area contributed by atoms with Crippen molar-refractivity contribution in [3.05, 3.63) is 35.9 Å². The highest BCUT2D eigenvalue weighted by Gasteiger charge is 2.25. The molecule has 1 aliphatic rings. The summed E-state index contributed by atoms with van der Waals surface area (Å²) in [6, 6.07) is 9.44. The summed E-state index contributed by atoms with van der Waals surface area (Å²) in [4.78, 5) is 23.2. The van der Waals surface area contributed by atoms with Gasteiger partial charge in [0.15, 0.2) is 0 Å². The summed E-state index contributed by atoms with van der Waals surface area (Å²) in [6.07, 6.45) is 1.56. The van der Waals surface area contributed by atoms with Gasteiger partial charge in [0.05, 0.1) is 18.6 Å². The van der Waals surface area contributed by atoms with E-state index >= 15 is 0 Å². The summed E-state index contributed by atoms with van der Waals surface area (Å²) in [5, 5.41) is 14.9. The summed E-state index contributed by atoms with van der Waals surface area (Å²) >= 11 is 0. The van der Waals surface area contributed by atoms with Gasteiger partial charge in [0, 0.05) is 13.0 Å². The number of rotatable bonds is 5. The molecule has 0 aromatic heterocycles. The first-order valence-electron chi connectivity index (χ1n) is 6.91. The highest BCUT2D eigenvalue weighted by Crippen LogP contribution is 2.11. The summed E-state index contributed by atoms with van der Waals surface area (Å²) in [7, 11) is 0. The van der Waals surface area contributed by atoms with Crippen molar-refractivity contribution in [2.75, 3.05) is 13.2 Å². The van der Waals surface area contributed by atoms with E-state index in [-0.39, 0.29) is 30.4 Å². The van der Waals surface area contributed by atoms with Crippen LogP contribution < -0.4 is 10.6 Å². The lowest BCUT2D eigenvalue weighted by atomic mass is 9.97. The van der Waals surface area contributed by atoms with Gasteiger partial charge in [-0.25, -0.2) is 0 Å². The summed E-state index contributed by atoms with van der Waals surface area (Å²) in [5.41, 5.74) is 1.07. The second-order valence-corrected chi connectivity index (χ2v) is 5.12. The second-order valence-electron chi connectivity index (χ2n) is 5.12. The number of benzene rings is 1. The number of nitrogens with one attached hydrogen (secondary N) is 2. The van der Waals surface area contributed by atoms with Gasteiger partial charge in [-0.15, -0.1) is 0 Å². The normalized spacial score (nSPS) is 20.1. The highest BCUT2D eigenvalue weighted by molar-refractivity contribution is 5.83. The molecule has 0 radical (unpaired) electrons. The number of carbonyl (C=O) groups is 2. The Morgan fingerprint density at radius 2 is 2.15 bits per heavy atom. The van der Waals surface area contributed by atoms with Crippen molar-refractivity contribution >= 4 is 11.8 Å². The van der Waals surface area contributed by atoms with E-state index in [0.29, 0.717) is 25.8 Å². The molecule has 108 valence electrons. The first kappa shape index (κ1) is 14.5. The van der Waals surface area contributed by atoms with Crippen molar-refractivity contribution in [3.8, 4) is 0 Å². The Morgan fingerprint density at radius 3 is 2.75 bits per heavy atom. The standard InChI is InChI=1S/C15H20N2O3/c18-10-13(8-11-4-2-1-3-5-11)17-15(20)12-6-7-14(19)16-9-12/h1-5,12-13,18H,6-10H2,(H,16,19)(H,17,20)/t12?,13-/m1/s1. The van der Waals surface area contributed by atoms with Crippen molar-refractivity contribution < 1.29 is 14.7 Å². The van der Waals surface area contributed by atoms with Crippen LogP contribution in [0.2, 0.25) is 0 Å². The third-order valence-corrected chi connectivity index (χ3v) is 3.53. The number of aliphatic hydroxyl groups is 1. The molecule has 2 rings (SSSR count). The van der Waals surface area contributed by atoms with Gasteiger partial charge in [-0.3, -0.25) is 9.59 Å². The predicted octanol–water partition coefficient (Wildman–Crippen LogP) is 0.232. The SMILES string of the molecule is O=C1CCC(C(=O)N[C@@H](CO)Cc2ccccc2)CN1. The van der Waals surface area contributed by atoms with Gasteiger partial charge in [0.25, 0.3) is 0 Å². The van der Waals surface area contributed by atoms with Crippen LogP contribution in [-0.4, -0.2) is 36.1 Å². The highest BCUT2D eigenvalue weighted by atomic mass is 16.3. The minimum absolute atomic E-state index is 0.00274. The smallest absolute Gasteiger partial charge is 0.225 e. The fourth-order valence-electron chi connectivity index (χ4n) is 2.34. The maximum Gasteiger partial charge on any atom is 0.225 e. The van der Waals surface area contributed by atoms with E-state index in [9.17, 15) is 14.7 Å². The average molecular weight is 276 g/mol. The van der Waals surface area contributed by atoms with Gasteiger partial charge in [-0.1, -0.05) is 30.3 Å². The zero-order chi connectivity index (χ0) is 14.4. The van der Waals surface area contributed by atoms with E-state index < -0.39 is 0 Å². The van der Waals surface area contributed by atoms with E-state index in [1.807, 2.05) is 30.3 Å². The molecule has 1 fully saturated rings. The molecule has 1 unspecified atom stereocenters. The molecular formula is C15H20N2O3. The Hall–Kier alpha value is -1.88. The number of hydrogen-bond acceptors (Lipinski definition) is 3. The number of hydrogen-bond donors (Lipinski definition) is 3. The van der Waals surface area contributed by atoms with Crippen molar-refractivity contribution in [1.82, 2.24) is 10.6 Å². The van der Waals surface area contributed by atoms with Gasteiger partial charge in [0.1, 0.15) is 0 Å². The number of carbonyl (C=O) groups excluding carboxylic acids is 2. The average Bonchev–Trinajstić information content (AvgIpc) is 2.48. The zero-order valence-corrected chi connectivity index (χ0v) is 11.3.